The zero-order valence-corrected chi connectivity index (χ0v) is 18.8. The molecule has 2 fully saturated rings. The zero-order chi connectivity index (χ0) is 23.3. The van der Waals surface area contributed by atoms with E-state index < -0.39 is 11.9 Å². The van der Waals surface area contributed by atoms with Gasteiger partial charge < -0.3 is 25.0 Å². The van der Waals surface area contributed by atoms with Crippen LogP contribution in [-0.2, 0) is 21.1 Å². The lowest BCUT2D eigenvalue weighted by molar-refractivity contribution is -0.141. The van der Waals surface area contributed by atoms with Crippen molar-refractivity contribution >= 4 is 29.1 Å². The molecule has 2 aliphatic rings. The average molecular weight is 482 g/mol. The number of anilines is 2. The molecule has 0 bridgehead atoms. The SMILES string of the molecule is FC(F)(F)c1cc(N2CCOCC2)nc(NC(=S)NCC2(c3ccccc3)CCOCC2)n1. The van der Waals surface area contributed by atoms with Crippen molar-refractivity contribution in [2.45, 2.75) is 24.4 Å². The van der Waals surface area contributed by atoms with Gasteiger partial charge >= 0.3 is 6.18 Å². The second kappa shape index (κ2) is 10.2. The van der Waals surface area contributed by atoms with Crippen LogP contribution in [0.5, 0.6) is 0 Å². The van der Waals surface area contributed by atoms with E-state index in [1.165, 1.54) is 5.56 Å². The Bertz CT molecular complexity index is 949. The molecule has 0 amide bonds. The van der Waals surface area contributed by atoms with Crippen molar-refractivity contribution in [3.63, 3.8) is 0 Å². The fraction of sp³-hybridized carbons (Fsp3) is 0.500. The van der Waals surface area contributed by atoms with Crippen molar-refractivity contribution in [3.05, 3.63) is 47.7 Å². The number of hydrogen-bond acceptors (Lipinski definition) is 6. The van der Waals surface area contributed by atoms with Gasteiger partial charge in [-0.25, -0.2) is 4.98 Å². The molecular weight excluding hydrogens is 455 g/mol. The Morgan fingerprint density at radius 3 is 2.36 bits per heavy atom. The van der Waals surface area contributed by atoms with Crippen molar-refractivity contribution in [1.29, 1.82) is 0 Å². The fourth-order valence-electron chi connectivity index (χ4n) is 4.11. The number of alkyl halides is 3. The van der Waals surface area contributed by atoms with Gasteiger partial charge in [0.05, 0.1) is 13.2 Å². The number of thiocarbonyl (C=S) groups is 1. The normalized spacial score (nSPS) is 18.6. The molecule has 1 aromatic heterocycles. The quantitative estimate of drug-likeness (QED) is 0.630. The smallest absolute Gasteiger partial charge is 0.381 e. The van der Waals surface area contributed by atoms with Crippen molar-refractivity contribution in [3.8, 4) is 0 Å². The van der Waals surface area contributed by atoms with E-state index in [9.17, 15) is 13.2 Å². The van der Waals surface area contributed by atoms with Gasteiger partial charge in [0.15, 0.2) is 10.8 Å². The third-order valence-electron chi connectivity index (χ3n) is 5.99. The van der Waals surface area contributed by atoms with Crippen molar-refractivity contribution in [2.24, 2.45) is 0 Å². The second-order valence-electron chi connectivity index (χ2n) is 8.10. The van der Waals surface area contributed by atoms with Gasteiger partial charge in [-0.15, -0.1) is 0 Å². The Kier molecular flexibility index (Phi) is 7.30. The molecule has 2 saturated heterocycles. The van der Waals surface area contributed by atoms with Gasteiger partial charge in [-0.2, -0.15) is 18.2 Å². The van der Waals surface area contributed by atoms with Gasteiger partial charge in [0, 0.05) is 44.3 Å². The van der Waals surface area contributed by atoms with E-state index >= 15 is 0 Å². The number of halogens is 3. The number of hydrogen-bond donors (Lipinski definition) is 2. The molecule has 3 heterocycles. The third kappa shape index (κ3) is 5.90. The van der Waals surface area contributed by atoms with Gasteiger partial charge in [-0.1, -0.05) is 30.3 Å². The largest absolute Gasteiger partial charge is 0.433 e. The summed E-state index contributed by atoms with van der Waals surface area (Å²) < 4.78 is 51.2. The predicted octanol–water partition coefficient (Wildman–Crippen LogP) is 3.37. The molecule has 1 aromatic carbocycles. The van der Waals surface area contributed by atoms with Crippen LogP contribution in [0.15, 0.2) is 36.4 Å². The van der Waals surface area contributed by atoms with E-state index in [4.69, 9.17) is 21.7 Å². The Labute approximate surface area is 195 Å². The van der Waals surface area contributed by atoms with E-state index in [0.29, 0.717) is 46.1 Å². The maximum Gasteiger partial charge on any atom is 0.433 e. The lowest BCUT2D eigenvalue weighted by Crippen LogP contribution is -2.45. The summed E-state index contributed by atoms with van der Waals surface area (Å²) >= 11 is 5.39. The number of benzene rings is 1. The molecular formula is C22H26F3N5O2S. The van der Waals surface area contributed by atoms with Crippen LogP contribution in [0.1, 0.15) is 24.1 Å². The molecule has 2 aliphatic heterocycles. The van der Waals surface area contributed by atoms with Gasteiger partial charge in [-0.05, 0) is 30.6 Å². The van der Waals surface area contributed by atoms with Gasteiger partial charge in [0.1, 0.15) is 5.82 Å². The minimum atomic E-state index is -4.60. The van der Waals surface area contributed by atoms with Gasteiger partial charge in [0.25, 0.3) is 0 Å². The number of ether oxygens (including phenoxy) is 2. The monoisotopic (exact) mass is 481 g/mol. The van der Waals surface area contributed by atoms with E-state index in [1.54, 1.807) is 4.90 Å². The zero-order valence-electron chi connectivity index (χ0n) is 18.0. The van der Waals surface area contributed by atoms with Crippen LogP contribution < -0.4 is 15.5 Å². The summed E-state index contributed by atoms with van der Waals surface area (Å²) in [5.41, 5.74) is -0.0261. The Morgan fingerprint density at radius 2 is 1.70 bits per heavy atom. The first-order valence-electron chi connectivity index (χ1n) is 10.8. The molecule has 2 N–H and O–H groups in total. The number of nitrogens with one attached hydrogen (secondary N) is 2. The molecule has 2 aromatic rings. The molecule has 0 saturated carbocycles. The van der Waals surface area contributed by atoms with Crippen LogP contribution in [0.25, 0.3) is 0 Å². The summed E-state index contributed by atoms with van der Waals surface area (Å²) in [5.74, 6) is 0.000616. The maximum absolute atomic E-state index is 13.5. The minimum absolute atomic E-state index is 0.170. The molecule has 11 heteroatoms. The van der Waals surface area contributed by atoms with Gasteiger partial charge in [0.2, 0.25) is 5.95 Å². The number of nitrogens with zero attached hydrogens (tertiary/aromatic N) is 3. The Hall–Kier alpha value is -2.50. The molecule has 4 rings (SSSR count). The topological polar surface area (TPSA) is 71.5 Å². The number of rotatable bonds is 5. The van der Waals surface area contributed by atoms with E-state index in [0.717, 1.165) is 18.9 Å². The van der Waals surface area contributed by atoms with E-state index in [1.807, 2.05) is 18.2 Å². The Balaban J connectivity index is 1.49. The summed E-state index contributed by atoms with van der Waals surface area (Å²) in [6, 6.07) is 11.1. The molecule has 0 spiro atoms. The van der Waals surface area contributed by atoms with Gasteiger partial charge in [-0.3, -0.25) is 0 Å². The first-order chi connectivity index (χ1) is 15.9. The highest BCUT2D eigenvalue weighted by Gasteiger charge is 2.36. The van der Waals surface area contributed by atoms with Crippen molar-refractivity contribution in [2.75, 3.05) is 56.3 Å². The third-order valence-corrected chi connectivity index (χ3v) is 6.23. The van der Waals surface area contributed by atoms with Crippen LogP contribution >= 0.6 is 12.2 Å². The average Bonchev–Trinajstić information content (AvgIpc) is 2.84. The minimum Gasteiger partial charge on any atom is -0.381 e. The highest BCUT2D eigenvalue weighted by Crippen LogP contribution is 2.34. The van der Waals surface area contributed by atoms with Crippen LogP contribution in [0.2, 0.25) is 0 Å². The molecule has 0 aliphatic carbocycles. The van der Waals surface area contributed by atoms with E-state index in [-0.39, 0.29) is 22.3 Å². The Morgan fingerprint density at radius 1 is 1.03 bits per heavy atom. The molecule has 33 heavy (non-hydrogen) atoms. The van der Waals surface area contributed by atoms with E-state index in [2.05, 4.69) is 32.7 Å². The number of aromatic nitrogens is 2. The highest BCUT2D eigenvalue weighted by molar-refractivity contribution is 7.80. The number of morpholine rings is 1. The molecule has 0 radical (unpaired) electrons. The summed E-state index contributed by atoms with van der Waals surface area (Å²) in [6.45, 7) is 3.56. The van der Waals surface area contributed by atoms with Crippen molar-refractivity contribution < 1.29 is 22.6 Å². The fourth-order valence-corrected chi connectivity index (χ4v) is 4.27. The van der Waals surface area contributed by atoms with Crippen LogP contribution in [0, 0.1) is 0 Å². The predicted molar refractivity (Wildman–Crippen MR) is 122 cm³/mol. The second-order valence-corrected chi connectivity index (χ2v) is 8.51. The lowest BCUT2D eigenvalue weighted by Gasteiger charge is -2.38. The summed E-state index contributed by atoms with van der Waals surface area (Å²) in [6.07, 6.45) is -2.98. The first-order valence-corrected chi connectivity index (χ1v) is 11.2. The summed E-state index contributed by atoms with van der Waals surface area (Å²) in [5, 5.41) is 6.09. The lowest BCUT2D eigenvalue weighted by atomic mass is 9.74. The van der Waals surface area contributed by atoms with Crippen LogP contribution in [0.3, 0.4) is 0 Å². The highest BCUT2D eigenvalue weighted by atomic mass is 32.1. The van der Waals surface area contributed by atoms with Crippen molar-refractivity contribution in [1.82, 2.24) is 15.3 Å². The summed E-state index contributed by atoms with van der Waals surface area (Å²) in [4.78, 5) is 9.68. The summed E-state index contributed by atoms with van der Waals surface area (Å²) in [7, 11) is 0. The molecule has 7 nitrogen and oxygen atoms in total. The van der Waals surface area contributed by atoms with Crippen LogP contribution in [0.4, 0.5) is 24.9 Å². The molecule has 0 atom stereocenters. The molecule has 178 valence electrons. The standard InChI is InChI=1S/C22H26F3N5O2S/c23-22(24,25)17-14-18(30-8-12-32-13-9-30)28-19(27-17)29-20(33)26-15-21(6-10-31-11-7-21)16-4-2-1-3-5-16/h1-5,14H,6-13,15H2,(H2,26,27,28,29,33). The first kappa shape index (κ1) is 23.7. The van der Waals surface area contributed by atoms with Crippen LogP contribution in [-0.4, -0.2) is 61.1 Å². The molecule has 0 unspecified atom stereocenters. The maximum atomic E-state index is 13.5.